The molecule has 0 radical (unpaired) electrons. The molecule has 0 saturated heterocycles. The molecule has 1 fully saturated rings. The fourth-order valence-corrected chi connectivity index (χ4v) is 3.76. The number of carbonyl (C=O) groups is 1. The van der Waals surface area contributed by atoms with Gasteiger partial charge in [-0.15, -0.1) is 0 Å². The Balaban J connectivity index is 1.56. The van der Waals surface area contributed by atoms with Gasteiger partial charge in [-0.3, -0.25) is 4.79 Å². The van der Waals surface area contributed by atoms with Gasteiger partial charge in [0.25, 0.3) is 0 Å². The van der Waals surface area contributed by atoms with E-state index in [0.717, 1.165) is 11.3 Å². The number of aromatic nitrogens is 3. The van der Waals surface area contributed by atoms with E-state index in [1.54, 1.807) is 30.5 Å². The van der Waals surface area contributed by atoms with Crippen LogP contribution in [-0.2, 0) is 10.2 Å². The minimum Gasteiger partial charge on any atom is -0.489 e. The highest BCUT2D eigenvalue weighted by molar-refractivity contribution is 6.30. The molecule has 1 saturated carbocycles. The molecule has 1 aromatic carbocycles. The van der Waals surface area contributed by atoms with Crippen molar-refractivity contribution in [1.29, 1.82) is 0 Å². The van der Waals surface area contributed by atoms with Crippen LogP contribution < -0.4 is 10.1 Å². The van der Waals surface area contributed by atoms with Gasteiger partial charge in [0.2, 0.25) is 5.91 Å². The lowest BCUT2D eigenvalue weighted by atomic mass is 9.93. The van der Waals surface area contributed by atoms with E-state index in [9.17, 15) is 9.18 Å². The van der Waals surface area contributed by atoms with E-state index < -0.39 is 5.41 Å². The molecule has 2 aromatic heterocycles. The first-order valence-corrected chi connectivity index (χ1v) is 9.87. The number of halogens is 2. The van der Waals surface area contributed by atoms with Gasteiger partial charge < -0.3 is 10.1 Å². The summed E-state index contributed by atoms with van der Waals surface area (Å²) in [7, 11) is 0. The Kier molecular flexibility index (Phi) is 5.39. The Bertz CT molecular complexity index is 1090. The van der Waals surface area contributed by atoms with Crippen LogP contribution in [0.15, 0.2) is 48.8 Å². The first-order valence-electron chi connectivity index (χ1n) is 9.49. The van der Waals surface area contributed by atoms with Crippen molar-refractivity contribution in [1.82, 2.24) is 15.0 Å². The second-order valence-corrected chi connectivity index (χ2v) is 7.86. The van der Waals surface area contributed by atoms with Gasteiger partial charge >= 0.3 is 0 Å². The second-order valence-electron chi connectivity index (χ2n) is 7.42. The van der Waals surface area contributed by atoms with Crippen LogP contribution in [0.5, 0.6) is 5.75 Å². The van der Waals surface area contributed by atoms with Gasteiger partial charge in [-0.1, -0.05) is 23.7 Å². The van der Waals surface area contributed by atoms with Gasteiger partial charge in [-0.05, 0) is 50.1 Å². The van der Waals surface area contributed by atoms with Crippen LogP contribution >= 0.6 is 11.6 Å². The number of carbonyl (C=O) groups excluding carboxylic acids is 1. The third-order valence-electron chi connectivity index (χ3n) is 5.32. The van der Waals surface area contributed by atoms with Gasteiger partial charge in [-0.2, -0.15) is 0 Å². The molecule has 30 heavy (non-hydrogen) atoms. The van der Waals surface area contributed by atoms with Crippen molar-refractivity contribution in [2.75, 3.05) is 11.9 Å². The van der Waals surface area contributed by atoms with Gasteiger partial charge in [0.05, 0.1) is 24.4 Å². The van der Waals surface area contributed by atoms with E-state index >= 15 is 0 Å². The van der Waals surface area contributed by atoms with Crippen molar-refractivity contribution in [3.63, 3.8) is 0 Å². The fourth-order valence-electron chi connectivity index (χ4n) is 3.60. The minimum atomic E-state index is -0.576. The fraction of sp³-hybridized carbons (Fsp3) is 0.273. The maximum absolute atomic E-state index is 13.5. The predicted octanol–water partition coefficient (Wildman–Crippen LogP) is 4.26. The Hall–Kier alpha value is -3.06. The molecule has 3 aromatic rings. The number of benzene rings is 1. The molecule has 1 amide bonds. The van der Waals surface area contributed by atoms with E-state index in [2.05, 4.69) is 20.3 Å². The highest BCUT2D eigenvalue weighted by atomic mass is 35.5. The number of ether oxygens (including phenoxy) is 1. The van der Waals surface area contributed by atoms with Crippen LogP contribution in [0, 0.1) is 25.6 Å². The monoisotopic (exact) mass is 426 g/mol. The predicted molar refractivity (Wildman–Crippen MR) is 111 cm³/mol. The topological polar surface area (TPSA) is 77.0 Å². The van der Waals surface area contributed by atoms with Crippen molar-refractivity contribution < 1.29 is 13.9 Å². The third-order valence-corrected chi connectivity index (χ3v) is 5.56. The van der Waals surface area contributed by atoms with Crippen LogP contribution in [0.2, 0.25) is 5.02 Å². The van der Waals surface area contributed by atoms with E-state index in [1.165, 1.54) is 18.3 Å². The zero-order chi connectivity index (χ0) is 21.3. The quantitative estimate of drug-likeness (QED) is 0.637. The Morgan fingerprint density at radius 1 is 1.27 bits per heavy atom. The molecule has 0 aliphatic heterocycles. The van der Waals surface area contributed by atoms with E-state index in [0.29, 0.717) is 28.8 Å². The number of pyridine rings is 1. The Morgan fingerprint density at radius 3 is 2.73 bits per heavy atom. The third kappa shape index (κ3) is 4.11. The van der Waals surface area contributed by atoms with E-state index in [-0.39, 0.29) is 24.2 Å². The molecule has 1 unspecified atom stereocenters. The zero-order valence-electron chi connectivity index (χ0n) is 16.5. The molecule has 2 atom stereocenters. The lowest BCUT2D eigenvalue weighted by Gasteiger charge is -2.19. The number of anilines is 1. The number of rotatable bonds is 6. The molecule has 1 aliphatic carbocycles. The van der Waals surface area contributed by atoms with Crippen molar-refractivity contribution in [2.45, 2.75) is 25.7 Å². The summed E-state index contributed by atoms with van der Waals surface area (Å²) in [5, 5.41) is 3.29. The number of nitrogens with one attached hydrogen (secondary N) is 1. The number of aryl methyl sites for hydroxylation is 2. The summed E-state index contributed by atoms with van der Waals surface area (Å²) in [5.41, 5.74) is 0.989. The summed E-state index contributed by atoms with van der Waals surface area (Å²) in [6.45, 7) is 3.89. The maximum Gasteiger partial charge on any atom is 0.229 e. The summed E-state index contributed by atoms with van der Waals surface area (Å²) in [4.78, 5) is 25.5. The average Bonchev–Trinajstić information content (AvgIpc) is 3.44. The first kappa shape index (κ1) is 20.2. The molecule has 4 rings (SSSR count). The van der Waals surface area contributed by atoms with Crippen molar-refractivity contribution in [2.24, 2.45) is 5.92 Å². The number of amides is 1. The first-order chi connectivity index (χ1) is 14.4. The van der Waals surface area contributed by atoms with Gasteiger partial charge in [0, 0.05) is 16.6 Å². The maximum atomic E-state index is 13.5. The van der Waals surface area contributed by atoms with Crippen LogP contribution in [0.1, 0.15) is 23.5 Å². The average molecular weight is 427 g/mol. The molecule has 0 spiro atoms. The van der Waals surface area contributed by atoms with Crippen LogP contribution in [0.4, 0.5) is 10.2 Å². The van der Waals surface area contributed by atoms with Gasteiger partial charge in [0.1, 0.15) is 17.5 Å². The molecule has 154 valence electrons. The van der Waals surface area contributed by atoms with Crippen LogP contribution in [0.3, 0.4) is 0 Å². The summed E-state index contributed by atoms with van der Waals surface area (Å²) >= 11 is 5.98. The standard InChI is InChI=1S/C22H20ClFN4O2/c1-13-19(11-26-14(2)27-13)30-12-22(15-3-5-17(24)6-4-15)10-18(22)21(29)28-20-9-16(23)7-8-25-20/h3-9,11,18H,10,12H2,1-2H3,(H,25,28,29)/t18?,22-/m1/s1. The second kappa shape index (κ2) is 7.99. The zero-order valence-corrected chi connectivity index (χ0v) is 17.3. The minimum absolute atomic E-state index is 0.186. The molecule has 0 bridgehead atoms. The Labute approximate surface area is 178 Å². The van der Waals surface area contributed by atoms with E-state index in [4.69, 9.17) is 16.3 Å². The molecule has 6 nitrogen and oxygen atoms in total. The van der Waals surface area contributed by atoms with Crippen LogP contribution in [0.25, 0.3) is 0 Å². The van der Waals surface area contributed by atoms with Crippen molar-refractivity contribution in [3.05, 3.63) is 76.7 Å². The molecule has 1 N–H and O–H groups in total. The molecule has 1 aliphatic rings. The summed E-state index contributed by atoms with van der Waals surface area (Å²) < 4.78 is 19.5. The smallest absolute Gasteiger partial charge is 0.229 e. The molecule has 8 heteroatoms. The summed E-state index contributed by atoms with van der Waals surface area (Å²) in [6.07, 6.45) is 3.72. The van der Waals surface area contributed by atoms with Gasteiger partial charge in [-0.25, -0.2) is 19.3 Å². The lowest BCUT2D eigenvalue weighted by Crippen LogP contribution is -2.27. The van der Waals surface area contributed by atoms with Crippen molar-refractivity contribution >= 4 is 23.3 Å². The largest absolute Gasteiger partial charge is 0.489 e. The summed E-state index contributed by atoms with van der Waals surface area (Å²) in [6, 6.07) is 9.40. The molecular formula is C22H20ClFN4O2. The number of hydrogen-bond acceptors (Lipinski definition) is 5. The highest BCUT2D eigenvalue weighted by Crippen LogP contribution is 2.55. The highest BCUT2D eigenvalue weighted by Gasteiger charge is 2.60. The SMILES string of the molecule is Cc1ncc(OC[C@@]2(c3ccc(F)cc3)CC2C(=O)Nc2cc(Cl)ccn2)c(C)n1. The molecule has 2 heterocycles. The lowest BCUT2D eigenvalue weighted by molar-refractivity contribution is -0.117. The van der Waals surface area contributed by atoms with Crippen LogP contribution in [-0.4, -0.2) is 27.5 Å². The number of hydrogen-bond donors (Lipinski definition) is 1. The van der Waals surface area contributed by atoms with E-state index in [1.807, 2.05) is 13.8 Å². The Morgan fingerprint density at radius 2 is 2.03 bits per heavy atom. The normalized spacial score (nSPS) is 19.9. The van der Waals surface area contributed by atoms with Gasteiger partial charge in [0.15, 0.2) is 5.75 Å². The number of nitrogens with zero attached hydrogens (tertiary/aromatic N) is 3. The van der Waals surface area contributed by atoms with Crippen molar-refractivity contribution in [3.8, 4) is 5.75 Å². The summed E-state index contributed by atoms with van der Waals surface area (Å²) in [5.74, 6) is 0.735. The molecular weight excluding hydrogens is 407 g/mol.